The van der Waals surface area contributed by atoms with E-state index < -0.39 is 0 Å². The molecule has 0 saturated heterocycles. The molecule has 0 aliphatic heterocycles. The van der Waals surface area contributed by atoms with E-state index in [-0.39, 0.29) is 5.82 Å². The fourth-order valence-electron chi connectivity index (χ4n) is 1.62. The van der Waals surface area contributed by atoms with Gasteiger partial charge in [0.05, 0.1) is 0 Å². The number of hydrogen-bond donors (Lipinski definition) is 1. The Hall–Kier alpha value is -1.25. The summed E-state index contributed by atoms with van der Waals surface area (Å²) in [5.41, 5.74) is 2.71. The standard InChI is InChI=1S/C14H12Cl2FN/c1-9-2-3-13(7-14(9)16)18-8-10-4-11(15)6-12(17)5-10/h2-7,18H,8H2,1H3. The van der Waals surface area contributed by atoms with Gasteiger partial charge in [-0.3, -0.25) is 0 Å². The molecule has 1 N–H and O–H groups in total. The number of nitrogens with one attached hydrogen (secondary N) is 1. The van der Waals surface area contributed by atoms with Crippen LogP contribution in [-0.4, -0.2) is 0 Å². The Balaban J connectivity index is 2.08. The van der Waals surface area contributed by atoms with E-state index in [4.69, 9.17) is 23.2 Å². The zero-order valence-corrected chi connectivity index (χ0v) is 11.3. The summed E-state index contributed by atoms with van der Waals surface area (Å²) in [7, 11) is 0. The van der Waals surface area contributed by atoms with Crippen molar-refractivity contribution in [3.63, 3.8) is 0 Å². The molecule has 0 aliphatic carbocycles. The maximum absolute atomic E-state index is 13.1. The summed E-state index contributed by atoms with van der Waals surface area (Å²) in [6.07, 6.45) is 0. The van der Waals surface area contributed by atoms with Crippen LogP contribution in [0.25, 0.3) is 0 Å². The Bertz CT molecular complexity index is 549. The van der Waals surface area contributed by atoms with Crippen LogP contribution in [0, 0.1) is 12.7 Å². The third kappa shape index (κ3) is 3.37. The zero-order valence-electron chi connectivity index (χ0n) is 9.81. The summed E-state index contributed by atoms with van der Waals surface area (Å²) < 4.78 is 13.1. The number of anilines is 1. The van der Waals surface area contributed by atoms with Crippen molar-refractivity contribution in [3.05, 3.63) is 63.4 Å². The van der Waals surface area contributed by atoms with Crippen molar-refractivity contribution in [2.45, 2.75) is 13.5 Å². The van der Waals surface area contributed by atoms with Crippen LogP contribution in [0.1, 0.15) is 11.1 Å². The molecule has 0 heterocycles. The van der Waals surface area contributed by atoms with E-state index in [0.717, 1.165) is 16.8 Å². The van der Waals surface area contributed by atoms with Crippen molar-refractivity contribution in [1.82, 2.24) is 0 Å². The highest BCUT2D eigenvalue weighted by atomic mass is 35.5. The first kappa shape index (κ1) is 13.2. The molecule has 0 saturated carbocycles. The predicted molar refractivity (Wildman–Crippen MR) is 74.9 cm³/mol. The molecule has 2 aromatic carbocycles. The third-order valence-corrected chi connectivity index (χ3v) is 3.22. The van der Waals surface area contributed by atoms with Crippen LogP contribution >= 0.6 is 23.2 Å². The molecule has 2 rings (SSSR count). The average Bonchev–Trinajstić information content (AvgIpc) is 2.29. The predicted octanol–water partition coefficient (Wildman–Crippen LogP) is 5.05. The summed E-state index contributed by atoms with van der Waals surface area (Å²) in [5.74, 6) is -0.332. The quantitative estimate of drug-likeness (QED) is 0.831. The first-order valence-electron chi connectivity index (χ1n) is 5.49. The minimum absolute atomic E-state index is 0.332. The van der Waals surface area contributed by atoms with Gasteiger partial charge in [0.25, 0.3) is 0 Å². The van der Waals surface area contributed by atoms with Crippen molar-refractivity contribution in [2.24, 2.45) is 0 Å². The van der Waals surface area contributed by atoms with Crippen LogP contribution in [0.15, 0.2) is 36.4 Å². The van der Waals surface area contributed by atoms with Gasteiger partial charge in [-0.2, -0.15) is 0 Å². The molecule has 94 valence electrons. The summed E-state index contributed by atoms with van der Waals surface area (Å²) in [5, 5.41) is 4.28. The molecule has 1 nitrogen and oxygen atoms in total. The molecule has 0 amide bonds. The third-order valence-electron chi connectivity index (χ3n) is 2.59. The molecule has 2 aromatic rings. The topological polar surface area (TPSA) is 12.0 Å². The smallest absolute Gasteiger partial charge is 0.125 e. The van der Waals surface area contributed by atoms with Crippen LogP contribution in [0.5, 0.6) is 0 Å². The van der Waals surface area contributed by atoms with Crippen LogP contribution < -0.4 is 5.32 Å². The number of benzene rings is 2. The first-order valence-corrected chi connectivity index (χ1v) is 6.25. The lowest BCUT2D eigenvalue weighted by molar-refractivity contribution is 0.626. The first-order chi connectivity index (χ1) is 8.54. The SMILES string of the molecule is Cc1ccc(NCc2cc(F)cc(Cl)c2)cc1Cl. The van der Waals surface area contributed by atoms with Gasteiger partial charge < -0.3 is 5.32 Å². The molecule has 0 unspecified atom stereocenters. The van der Waals surface area contributed by atoms with E-state index in [1.165, 1.54) is 12.1 Å². The normalized spacial score (nSPS) is 10.4. The fourth-order valence-corrected chi connectivity index (χ4v) is 2.04. The van der Waals surface area contributed by atoms with Crippen molar-refractivity contribution < 1.29 is 4.39 Å². The number of rotatable bonds is 3. The van der Waals surface area contributed by atoms with Crippen molar-refractivity contribution in [1.29, 1.82) is 0 Å². The Morgan fingerprint density at radius 1 is 1.11 bits per heavy atom. The molecule has 0 spiro atoms. The van der Waals surface area contributed by atoms with Crippen molar-refractivity contribution in [2.75, 3.05) is 5.32 Å². The van der Waals surface area contributed by atoms with E-state index >= 15 is 0 Å². The van der Waals surface area contributed by atoms with E-state index in [2.05, 4.69) is 5.32 Å². The lowest BCUT2D eigenvalue weighted by Crippen LogP contribution is -2.00. The van der Waals surface area contributed by atoms with Gasteiger partial charge >= 0.3 is 0 Å². The summed E-state index contributed by atoms with van der Waals surface area (Å²) in [6, 6.07) is 10.2. The molecule has 0 radical (unpaired) electrons. The maximum atomic E-state index is 13.1. The van der Waals surface area contributed by atoms with Gasteiger partial charge in [0.15, 0.2) is 0 Å². The average molecular weight is 284 g/mol. The second-order valence-electron chi connectivity index (χ2n) is 4.10. The molecule has 0 aromatic heterocycles. The number of aryl methyl sites for hydroxylation is 1. The van der Waals surface area contributed by atoms with Crippen molar-refractivity contribution >= 4 is 28.9 Å². The summed E-state index contributed by atoms with van der Waals surface area (Å²) in [6.45, 7) is 2.44. The van der Waals surface area contributed by atoms with Crippen LogP contribution in [0.2, 0.25) is 10.0 Å². The van der Waals surface area contributed by atoms with Crippen LogP contribution in [-0.2, 0) is 6.54 Å². The van der Waals surface area contributed by atoms with Crippen LogP contribution in [0.4, 0.5) is 10.1 Å². The van der Waals surface area contributed by atoms with Crippen molar-refractivity contribution in [3.8, 4) is 0 Å². The van der Waals surface area contributed by atoms with Gasteiger partial charge in [0.2, 0.25) is 0 Å². The van der Waals surface area contributed by atoms with E-state index in [0.29, 0.717) is 16.6 Å². The maximum Gasteiger partial charge on any atom is 0.125 e. The molecule has 18 heavy (non-hydrogen) atoms. The van der Waals surface area contributed by atoms with Gasteiger partial charge in [-0.1, -0.05) is 29.3 Å². The summed E-state index contributed by atoms with van der Waals surface area (Å²) >= 11 is 11.8. The fraction of sp³-hybridized carbons (Fsp3) is 0.143. The molecule has 0 fully saturated rings. The minimum atomic E-state index is -0.332. The minimum Gasteiger partial charge on any atom is -0.381 e. The van der Waals surface area contributed by atoms with Gasteiger partial charge in [-0.15, -0.1) is 0 Å². The number of hydrogen-bond acceptors (Lipinski definition) is 1. The Morgan fingerprint density at radius 3 is 2.56 bits per heavy atom. The Labute approximate surface area is 116 Å². The van der Waals surface area contributed by atoms with Gasteiger partial charge in [0, 0.05) is 22.3 Å². The van der Waals surface area contributed by atoms with Gasteiger partial charge in [-0.05, 0) is 48.4 Å². The second kappa shape index (κ2) is 5.59. The molecule has 4 heteroatoms. The molecule has 0 bridgehead atoms. The van der Waals surface area contributed by atoms with E-state index in [1.54, 1.807) is 6.07 Å². The largest absolute Gasteiger partial charge is 0.381 e. The molecular formula is C14H12Cl2FN. The molecule has 0 atom stereocenters. The Morgan fingerprint density at radius 2 is 1.89 bits per heavy atom. The zero-order chi connectivity index (χ0) is 13.1. The van der Waals surface area contributed by atoms with E-state index in [1.807, 2.05) is 25.1 Å². The second-order valence-corrected chi connectivity index (χ2v) is 4.94. The highest BCUT2D eigenvalue weighted by Crippen LogP contribution is 2.21. The molecule has 0 aliphatic rings. The monoisotopic (exact) mass is 283 g/mol. The van der Waals surface area contributed by atoms with E-state index in [9.17, 15) is 4.39 Å². The van der Waals surface area contributed by atoms with Gasteiger partial charge in [0.1, 0.15) is 5.82 Å². The lowest BCUT2D eigenvalue weighted by Gasteiger charge is -2.08. The molecular weight excluding hydrogens is 272 g/mol. The summed E-state index contributed by atoms with van der Waals surface area (Å²) in [4.78, 5) is 0. The van der Waals surface area contributed by atoms with Crippen LogP contribution in [0.3, 0.4) is 0 Å². The number of halogens is 3. The Kier molecular flexibility index (Phi) is 4.10. The highest BCUT2D eigenvalue weighted by Gasteiger charge is 2.01. The lowest BCUT2D eigenvalue weighted by atomic mass is 10.2. The van der Waals surface area contributed by atoms with Gasteiger partial charge in [-0.25, -0.2) is 4.39 Å². The highest BCUT2D eigenvalue weighted by molar-refractivity contribution is 6.31.